The summed E-state index contributed by atoms with van der Waals surface area (Å²) < 4.78 is 11.0. The van der Waals surface area contributed by atoms with Crippen molar-refractivity contribution >= 4 is 0 Å². The fourth-order valence-corrected chi connectivity index (χ4v) is 2.14. The first-order chi connectivity index (χ1) is 8.84. The van der Waals surface area contributed by atoms with Gasteiger partial charge >= 0.3 is 0 Å². The predicted molar refractivity (Wildman–Crippen MR) is 68.8 cm³/mol. The van der Waals surface area contributed by atoms with Crippen LogP contribution in [0, 0.1) is 0 Å². The van der Waals surface area contributed by atoms with E-state index in [1.54, 1.807) is 0 Å². The lowest BCUT2D eigenvalue weighted by Gasteiger charge is -2.25. The zero-order valence-corrected chi connectivity index (χ0v) is 10.7. The van der Waals surface area contributed by atoms with Crippen LogP contribution in [0.5, 0.6) is 0 Å². The molecule has 99 valence electrons. The van der Waals surface area contributed by atoms with Gasteiger partial charge in [-0.15, -0.1) is 0 Å². The lowest BCUT2D eigenvalue weighted by molar-refractivity contribution is -0.192. The molecule has 1 saturated heterocycles. The molecule has 1 radical (unpaired) electrons. The number of hydrogen-bond donors (Lipinski definition) is 0. The quantitative estimate of drug-likeness (QED) is 0.727. The van der Waals surface area contributed by atoms with E-state index in [4.69, 9.17) is 9.47 Å². The molecule has 3 heteroatoms. The molecule has 1 heterocycles. The van der Waals surface area contributed by atoms with E-state index < -0.39 is 6.10 Å². The molecule has 2 atom stereocenters. The molecule has 0 amide bonds. The summed E-state index contributed by atoms with van der Waals surface area (Å²) in [6, 6.07) is 10.5. The van der Waals surface area contributed by atoms with E-state index in [0.29, 0.717) is 26.1 Å². The van der Waals surface area contributed by atoms with E-state index in [0.717, 1.165) is 19.3 Å². The normalized spacial score (nSPS) is 24.1. The second-order valence-electron chi connectivity index (χ2n) is 4.76. The van der Waals surface area contributed by atoms with Crippen molar-refractivity contribution in [2.75, 3.05) is 13.2 Å². The van der Waals surface area contributed by atoms with Crippen molar-refractivity contribution in [1.82, 2.24) is 0 Å². The zero-order valence-electron chi connectivity index (χ0n) is 10.7. The third kappa shape index (κ3) is 4.77. The van der Waals surface area contributed by atoms with E-state index in [9.17, 15) is 5.11 Å². The van der Waals surface area contributed by atoms with Gasteiger partial charge in [0.05, 0.1) is 12.7 Å². The summed E-state index contributed by atoms with van der Waals surface area (Å²) >= 11 is 0. The third-order valence-corrected chi connectivity index (χ3v) is 3.21. The van der Waals surface area contributed by atoms with Gasteiger partial charge in [0.25, 0.3) is 0 Å². The molecule has 1 aliphatic heterocycles. The maximum absolute atomic E-state index is 11.3. The van der Waals surface area contributed by atoms with Crippen LogP contribution in [0.4, 0.5) is 0 Å². The Morgan fingerprint density at radius 1 is 1.22 bits per heavy atom. The van der Waals surface area contributed by atoms with Crippen molar-refractivity contribution in [3.05, 3.63) is 35.9 Å². The van der Waals surface area contributed by atoms with Crippen molar-refractivity contribution in [3.63, 3.8) is 0 Å². The summed E-state index contributed by atoms with van der Waals surface area (Å²) in [5, 5.41) is 11.3. The second-order valence-corrected chi connectivity index (χ2v) is 4.76. The Morgan fingerprint density at radius 3 is 2.83 bits per heavy atom. The van der Waals surface area contributed by atoms with Crippen LogP contribution in [0.15, 0.2) is 30.3 Å². The Bertz CT molecular complexity index is 326. The number of benzene rings is 1. The minimum atomic E-state index is -0.506. The fourth-order valence-electron chi connectivity index (χ4n) is 2.14. The Morgan fingerprint density at radius 2 is 2.06 bits per heavy atom. The van der Waals surface area contributed by atoms with Crippen molar-refractivity contribution in [2.24, 2.45) is 0 Å². The smallest absolute Gasteiger partial charge is 0.160 e. The largest absolute Gasteiger partial charge is 0.353 e. The molecular weight excluding hydrogens is 228 g/mol. The molecular formula is C15H21O3. The number of ether oxygens (including phenoxy) is 2. The van der Waals surface area contributed by atoms with E-state index >= 15 is 0 Å². The lowest BCUT2D eigenvalue weighted by atomic mass is 10.1. The van der Waals surface area contributed by atoms with Crippen LogP contribution < -0.4 is 0 Å². The number of rotatable bonds is 6. The molecule has 1 aromatic rings. The highest BCUT2D eigenvalue weighted by atomic mass is 16.7. The zero-order chi connectivity index (χ0) is 12.6. The summed E-state index contributed by atoms with van der Waals surface area (Å²) in [7, 11) is 0. The van der Waals surface area contributed by atoms with Gasteiger partial charge in [-0.1, -0.05) is 30.3 Å². The van der Waals surface area contributed by atoms with Crippen molar-refractivity contribution < 1.29 is 14.6 Å². The van der Waals surface area contributed by atoms with Gasteiger partial charge in [-0.2, -0.15) is 0 Å². The maximum Gasteiger partial charge on any atom is 0.160 e. The van der Waals surface area contributed by atoms with Gasteiger partial charge in [0.15, 0.2) is 6.29 Å². The van der Waals surface area contributed by atoms with Crippen molar-refractivity contribution in [1.29, 1.82) is 0 Å². The monoisotopic (exact) mass is 249 g/mol. The van der Waals surface area contributed by atoms with Gasteiger partial charge in [0, 0.05) is 19.4 Å². The summed E-state index contributed by atoms with van der Waals surface area (Å²) in [6.07, 6.45) is 3.55. The molecule has 0 saturated carbocycles. The second kappa shape index (κ2) is 7.52. The van der Waals surface area contributed by atoms with Crippen molar-refractivity contribution in [2.45, 2.75) is 44.5 Å². The number of aryl methyl sites for hydroxylation is 1. The molecule has 0 spiro atoms. The first-order valence-electron chi connectivity index (χ1n) is 6.77. The summed E-state index contributed by atoms with van der Waals surface area (Å²) in [5.74, 6) is 0. The molecule has 1 aliphatic rings. The molecule has 1 aromatic carbocycles. The van der Waals surface area contributed by atoms with Crippen LogP contribution in [0.3, 0.4) is 0 Å². The Kier molecular flexibility index (Phi) is 5.65. The topological polar surface area (TPSA) is 38.4 Å². The third-order valence-electron chi connectivity index (χ3n) is 3.21. The minimum absolute atomic E-state index is 0.266. The van der Waals surface area contributed by atoms with Crippen LogP contribution in [0.2, 0.25) is 0 Å². The van der Waals surface area contributed by atoms with Gasteiger partial charge in [-0.25, -0.2) is 5.11 Å². The first-order valence-corrected chi connectivity index (χ1v) is 6.77. The molecule has 2 rings (SSSR count). The molecule has 0 aliphatic carbocycles. The maximum atomic E-state index is 11.3. The molecule has 2 unspecified atom stereocenters. The van der Waals surface area contributed by atoms with E-state index in [1.807, 2.05) is 6.07 Å². The van der Waals surface area contributed by atoms with E-state index in [-0.39, 0.29) is 6.29 Å². The van der Waals surface area contributed by atoms with Crippen LogP contribution in [0.1, 0.15) is 31.2 Å². The van der Waals surface area contributed by atoms with Gasteiger partial charge in [-0.05, 0) is 24.8 Å². The van der Waals surface area contributed by atoms with Gasteiger partial charge in [-0.3, -0.25) is 0 Å². The highest BCUT2D eigenvalue weighted by Crippen LogP contribution is 2.15. The molecule has 0 N–H and O–H groups in total. The summed E-state index contributed by atoms with van der Waals surface area (Å²) in [5.41, 5.74) is 1.37. The standard InChI is InChI=1S/C15H21O3/c16-14-9-11-18-15(12-14)17-10-5-4-8-13-6-2-1-3-7-13/h1-3,6-7,14-15H,4-5,8-12H2. The highest BCUT2D eigenvalue weighted by molar-refractivity contribution is 5.14. The Labute approximate surface area is 109 Å². The first kappa shape index (κ1) is 13.5. The summed E-state index contributed by atoms with van der Waals surface area (Å²) in [4.78, 5) is 0. The van der Waals surface area contributed by atoms with Crippen molar-refractivity contribution in [3.8, 4) is 0 Å². The number of hydrogen-bond acceptors (Lipinski definition) is 2. The Balaban J connectivity index is 1.53. The highest BCUT2D eigenvalue weighted by Gasteiger charge is 2.21. The summed E-state index contributed by atoms with van der Waals surface area (Å²) in [6.45, 7) is 1.23. The predicted octanol–water partition coefficient (Wildman–Crippen LogP) is 2.96. The van der Waals surface area contributed by atoms with Crippen LogP contribution in [0.25, 0.3) is 0 Å². The molecule has 0 bridgehead atoms. The molecule has 0 aromatic heterocycles. The van der Waals surface area contributed by atoms with Crippen LogP contribution in [-0.4, -0.2) is 25.6 Å². The molecule has 3 nitrogen and oxygen atoms in total. The fraction of sp³-hybridized carbons (Fsp3) is 0.600. The van der Waals surface area contributed by atoms with Gasteiger partial charge in [0.1, 0.15) is 0 Å². The average Bonchev–Trinajstić information content (AvgIpc) is 2.40. The SMILES string of the molecule is [O]C1CCOC(OCCCCc2ccccc2)C1. The average molecular weight is 249 g/mol. The molecule has 1 fully saturated rings. The number of unbranched alkanes of at least 4 members (excludes halogenated alkanes) is 1. The lowest BCUT2D eigenvalue weighted by Crippen LogP contribution is -2.30. The van der Waals surface area contributed by atoms with Gasteiger partial charge in [0.2, 0.25) is 0 Å². The minimum Gasteiger partial charge on any atom is -0.353 e. The van der Waals surface area contributed by atoms with Crippen LogP contribution >= 0.6 is 0 Å². The van der Waals surface area contributed by atoms with Crippen LogP contribution in [-0.2, 0) is 21.0 Å². The molecule has 18 heavy (non-hydrogen) atoms. The van der Waals surface area contributed by atoms with E-state index in [1.165, 1.54) is 5.56 Å². The Hall–Kier alpha value is -0.900. The van der Waals surface area contributed by atoms with E-state index in [2.05, 4.69) is 24.3 Å². The van der Waals surface area contributed by atoms with Gasteiger partial charge < -0.3 is 9.47 Å².